The molecular weight excluding hydrogens is 336 g/mol. The van der Waals surface area contributed by atoms with Gasteiger partial charge in [0.1, 0.15) is 6.61 Å². The van der Waals surface area contributed by atoms with Crippen molar-refractivity contribution in [2.75, 3.05) is 13.7 Å². The molecule has 0 aliphatic heterocycles. The number of ether oxygens (including phenoxy) is 2. The maximum Gasteiger partial charge on any atom is 0.168 e. The van der Waals surface area contributed by atoms with Crippen molar-refractivity contribution in [1.29, 1.82) is 0 Å². The molecule has 0 heterocycles. The van der Waals surface area contributed by atoms with E-state index in [4.69, 9.17) is 9.47 Å². The average Bonchev–Trinajstić information content (AvgIpc) is 2.26. The smallest absolute Gasteiger partial charge is 0.168 e. The quantitative estimate of drug-likeness (QED) is 0.737. The number of benzene rings is 1. The fraction of sp³-hybridized carbons (Fsp3) is 0.167. The summed E-state index contributed by atoms with van der Waals surface area (Å²) in [6, 6.07) is 5.72. The maximum atomic E-state index is 5.58. The lowest BCUT2D eigenvalue weighted by Crippen LogP contribution is -1.98. The van der Waals surface area contributed by atoms with Crippen molar-refractivity contribution in [2.24, 2.45) is 0 Å². The van der Waals surface area contributed by atoms with Crippen molar-refractivity contribution in [3.05, 3.63) is 39.8 Å². The number of para-hydroxylation sites is 1. The van der Waals surface area contributed by atoms with Crippen molar-refractivity contribution in [3.63, 3.8) is 0 Å². The summed E-state index contributed by atoms with van der Waals surface area (Å²) in [5, 5.41) is 0. The first-order valence-electron chi connectivity index (χ1n) is 4.62. The van der Waals surface area contributed by atoms with Gasteiger partial charge in [-0.1, -0.05) is 24.8 Å². The SMILES string of the molecule is C=CCOc1c(C=C(Br)Br)cccc1OC. The number of rotatable bonds is 5. The van der Waals surface area contributed by atoms with Crippen LogP contribution in [-0.4, -0.2) is 13.7 Å². The molecule has 1 aromatic carbocycles. The summed E-state index contributed by atoms with van der Waals surface area (Å²) >= 11 is 6.64. The highest BCUT2D eigenvalue weighted by Crippen LogP contribution is 2.33. The standard InChI is InChI=1S/C12H12Br2O2/c1-3-7-16-12-9(8-11(13)14)5-4-6-10(12)15-2/h3-6,8H,1,7H2,2H3. The lowest BCUT2D eigenvalue weighted by atomic mass is 10.2. The highest BCUT2D eigenvalue weighted by molar-refractivity contribution is 9.28. The summed E-state index contributed by atoms with van der Waals surface area (Å²) in [6.07, 6.45) is 3.60. The molecule has 0 bridgehead atoms. The lowest BCUT2D eigenvalue weighted by molar-refractivity contribution is 0.326. The van der Waals surface area contributed by atoms with E-state index in [2.05, 4.69) is 38.4 Å². The molecule has 16 heavy (non-hydrogen) atoms. The molecule has 0 unspecified atom stereocenters. The molecule has 0 radical (unpaired) electrons. The van der Waals surface area contributed by atoms with E-state index in [1.807, 2.05) is 24.3 Å². The molecule has 2 nitrogen and oxygen atoms in total. The molecule has 0 aliphatic carbocycles. The molecule has 4 heteroatoms. The first-order chi connectivity index (χ1) is 7.69. The number of hydrogen-bond donors (Lipinski definition) is 0. The molecule has 0 amide bonds. The van der Waals surface area contributed by atoms with E-state index < -0.39 is 0 Å². The summed E-state index contributed by atoms with van der Waals surface area (Å²) in [6.45, 7) is 4.07. The van der Waals surface area contributed by atoms with Gasteiger partial charge in [0.15, 0.2) is 11.5 Å². The highest BCUT2D eigenvalue weighted by Gasteiger charge is 2.08. The van der Waals surface area contributed by atoms with Crippen molar-refractivity contribution in [1.82, 2.24) is 0 Å². The summed E-state index contributed by atoms with van der Waals surface area (Å²) in [7, 11) is 1.62. The van der Waals surface area contributed by atoms with Crippen LogP contribution in [0.3, 0.4) is 0 Å². The minimum Gasteiger partial charge on any atom is -0.493 e. The van der Waals surface area contributed by atoms with E-state index in [9.17, 15) is 0 Å². The van der Waals surface area contributed by atoms with Gasteiger partial charge in [-0.25, -0.2) is 0 Å². The van der Waals surface area contributed by atoms with E-state index in [0.717, 1.165) is 8.96 Å². The van der Waals surface area contributed by atoms with Crippen LogP contribution in [0.1, 0.15) is 5.56 Å². The summed E-state index contributed by atoms with van der Waals surface area (Å²) in [4.78, 5) is 0. The number of methoxy groups -OCH3 is 1. The Morgan fingerprint density at radius 1 is 1.44 bits per heavy atom. The van der Waals surface area contributed by atoms with Gasteiger partial charge >= 0.3 is 0 Å². The minimum absolute atomic E-state index is 0.446. The molecule has 1 aromatic rings. The second kappa shape index (κ2) is 6.76. The van der Waals surface area contributed by atoms with Crippen molar-refractivity contribution in [3.8, 4) is 11.5 Å². The minimum atomic E-state index is 0.446. The third kappa shape index (κ3) is 3.68. The van der Waals surface area contributed by atoms with Gasteiger partial charge < -0.3 is 9.47 Å². The van der Waals surface area contributed by atoms with Crippen molar-refractivity contribution in [2.45, 2.75) is 0 Å². The van der Waals surface area contributed by atoms with Gasteiger partial charge in [0.25, 0.3) is 0 Å². The molecule has 0 N–H and O–H groups in total. The second-order valence-electron chi connectivity index (χ2n) is 2.91. The highest BCUT2D eigenvalue weighted by atomic mass is 79.9. The van der Waals surface area contributed by atoms with E-state index in [1.165, 1.54) is 0 Å². The fourth-order valence-electron chi connectivity index (χ4n) is 1.22. The van der Waals surface area contributed by atoms with Crippen LogP contribution in [-0.2, 0) is 0 Å². The zero-order chi connectivity index (χ0) is 12.0. The van der Waals surface area contributed by atoms with Crippen LogP contribution >= 0.6 is 31.9 Å². The summed E-state index contributed by atoms with van der Waals surface area (Å²) < 4.78 is 11.7. The molecule has 1 rings (SSSR count). The largest absolute Gasteiger partial charge is 0.493 e. The Morgan fingerprint density at radius 2 is 2.19 bits per heavy atom. The number of halogens is 2. The van der Waals surface area contributed by atoms with Crippen LogP contribution in [0.15, 0.2) is 34.2 Å². The third-order valence-electron chi connectivity index (χ3n) is 1.84. The Bertz CT molecular complexity index is 396. The summed E-state index contributed by atoms with van der Waals surface area (Å²) in [5.41, 5.74) is 0.935. The van der Waals surface area contributed by atoms with Gasteiger partial charge in [0.05, 0.1) is 10.5 Å². The molecule has 0 saturated heterocycles. The van der Waals surface area contributed by atoms with Crippen LogP contribution in [0.4, 0.5) is 0 Å². The zero-order valence-corrected chi connectivity index (χ0v) is 12.0. The zero-order valence-electron chi connectivity index (χ0n) is 8.87. The monoisotopic (exact) mass is 346 g/mol. The van der Waals surface area contributed by atoms with Crippen molar-refractivity contribution < 1.29 is 9.47 Å². The molecule has 0 aliphatic rings. The predicted octanol–water partition coefficient (Wildman–Crippen LogP) is 4.35. The number of hydrogen-bond acceptors (Lipinski definition) is 2. The van der Waals surface area contributed by atoms with Crippen molar-refractivity contribution >= 4 is 37.9 Å². The van der Waals surface area contributed by atoms with Gasteiger partial charge in [-0.15, -0.1) is 0 Å². The van der Waals surface area contributed by atoms with Gasteiger partial charge in [-0.05, 0) is 44.0 Å². The molecule has 86 valence electrons. The maximum absolute atomic E-state index is 5.58. The molecule has 0 fully saturated rings. The summed E-state index contributed by atoms with van der Waals surface area (Å²) in [5.74, 6) is 1.41. The Balaban J connectivity index is 3.14. The normalized spacial score (nSPS) is 9.44. The van der Waals surface area contributed by atoms with Gasteiger partial charge in [-0.2, -0.15) is 0 Å². The average molecular weight is 348 g/mol. The lowest BCUT2D eigenvalue weighted by Gasteiger charge is -2.11. The van der Waals surface area contributed by atoms with E-state index >= 15 is 0 Å². The molecule has 0 saturated carbocycles. The Labute approximate surface area is 112 Å². The van der Waals surface area contributed by atoms with Crippen LogP contribution in [0.5, 0.6) is 11.5 Å². The topological polar surface area (TPSA) is 18.5 Å². The first kappa shape index (κ1) is 13.3. The van der Waals surface area contributed by atoms with Crippen LogP contribution in [0.2, 0.25) is 0 Å². The molecular formula is C12H12Br2O2. The Kier molecular flexibility index (Phi) is 5.63. The molecule has 0 aromatic heterocycles. The predicted molar refractivity (Wildman–Crippen MR) is 74.5 cm³/mol. The second-order valence-corrected chi connectivity index (χ2v) is 5.69. The Hall–Kier alpha value is -0.740. The van der Waals surface area contributed by atoms with Crippen LogP contribution in [0.25, 0.3) is 6.08 Å². The van der Waals surface area contributed by atoms with Crippen LogP contribution in [0, 0.1) is 0 Å². The van der Waals surface area contributed by atoms with Gasteiger partial charge in [-0.3, -0.25) is 0 Å². The molecule has 0 atom stereocenters. The fourth-order valence-corrected chi connectivity index (χ4v) is 1.71. The van der Waals surface area contributed by atoms with E-state index in [-0.39, 0.29) is 0 Å². The van der Waals surface area contributed by atoms with E-state index in [1.54, 1.807) is 13.2 Å². The molecule has 0 spiro atoms. The van der Waals surface area contributed by atoms with Gasteiger partial charge in [0, 0.05) is 5.56 Å². The van der Waals surface area contributed by atoms with Gasteiger partial charge in [0.2, 0.25) is 0 Å². The Morgan fingerprint density at radius 3 is 2.75 bits per heavy atom. The first-order valence-corrected chi connectivity index (χ1v) is 6.21. The van der Waals surface area contributed by atoms with Crippen LogP contribution < -0.4 is 9.47 Å². The van der Waals surface area contributed by atoms with E-state index in [0.29, 0.717) is 18.1 Å². The third-order valence-corrected chi connectivity index (χ3v) is 2.30.